The van der Waals surface area contributed by atoms with Crippen LogP contribution in [0.2, 0.25) is 0 Å². The van der Waals surface area contributed by atoms with E-state index in [2.05, 4.69) is 0 Å². The third-order valence-corrected chi connectivity index (χ3v) is 4.27. The van der Waals surface area contributed by atoms with Crippen LogP contribution in [0.3, 0.4) is 0 Å². The molecule has 0 bridgehead atoms. The van der Waals surface area contributed by atoms with Crippen LogP contribution in [0.5, 0.6) is 0 Å². The molecule has 0 saturated heterocycles. The van der Waals surface area contributed by atoms with Crippen molar-refractivity contribution in [3.8, 4) is 0 Å². The first-order valence-electron chi connectivity index (χ1n) is 2.05. The van der Waals surface area contributed by atoms with Gasteiger partial charge in [0.05, 0.1) is 0 Å². The van der Waals surface area contributed by atoms with Crippen molar-refractivity contribution in [2.45, 2.75) is 0 Å². The molecule has 0 heterocycles. The fourth-order valence-corrected chi connectivity index (χ4v) is 2.86. The summed E-state index contributed by atoms with van der Waals surface area (Å²) in [6, 6.07) is 0. The minimum absolute atomic E-state index is 0. The summed E-state index contributed by atoms with van der Waals surface area (Å²) in [5.74, 6) is -1.10. The summed E-state index contributed by atoms with van der Waals surface area (Å²) in [6.45, 7) is 0. The molecule has 92 valence electrons. The van der Waals surface area contributed by atoms with Crippen molar-refractivity contribution in [2.24, 2.45) is 0 Å². The van der Waals surface area contributed by atoms with Crippen LogP contribution in [0.25, 0.3) is 0 Å². The van der Waals surface area contributed by atoms with Crippen LogP contribution < -0.4 is 0 Å². The summed E-state index contributed by atoms with van der Waals surface area (Å²) in [7, 11) is -8.96. The molecular formula is CH14Cl4O6P2. The fraction of sp³-hybridized carbons (Fsp3) is 1.00. The van der Waals surface area contributed by atoms with Gasteiger partial charge in [-0.3, -0.25) is 0 Å². The van der Waals surface area contributed by atoms with Gasteiger partial charge in [-0.25, -0.2) is 0 Å². The van der Waals surface area contributed by atoms with Crippen molar-refractivity contribution >= 4 is 65.5 Å². The first-order valence-corrected chi connectivity index (χ1v) is 6.15. The average molecular weight is 326 g/mol. The Morgan fingerprint density at radius 2 is 0.692 bits per heavy atom. The summed E-state index contributed by atoms with van der Waals surface area (Å²) in [5.41, 5.74) is 0. The summed E-state index contributed by atoms with van der Waals surface area (Å²) >= 11 is 0. The van der Waals surface area contributed by atoms with Crippen LogP contribution in [-0.4, -0.2) is 35.3 Å². The Kier molecular flexibility index (Phi) is 23.3. The standard InChI is InChI=1S/CH10O6P2.4ClH/c2-8(3,4)1-9(5,6)7;;;;/h2-9H,1H2;4*1H. The molecule has 13 heavy (non-hydrogen) atoms. The predicted molar refractivity (Wildman–Crippen MR) is 63.8 cm³/mol. The van der Waals surface area contributed by atoms with Crippen LogP contribution in [-0.2, 0) is 0 Å². The van der Waals surface area contributed by atoms with E-state index in [1.807, 2.05) is 0 Å². The zero-order valence-corrected chi connectivity index (χ0v) is 11.3. The van der Waals surface area contributed by atoms with Gasteiger partial charge in [0.1, 0.15) is 0 Å². The van der Waals surface area contributed by atoms with E-state index in [9.17, 15) is 0 Å². The van der Waals surface area contributed by atoms with Gasteiger partial charge >= 0.3 is 51.2 Å². The molecule has 0 aromatic rings. The first-order chi connectivity index (χ1) is 3.71. The Morgan fingerprint density at radius 1 is 0.538 bits per heavy atom. The third kappa shape index (κ3) is 31.6. The van der Waals surface area contributed by atoms with Gasteiger partial charge < -0.3 is 0 Å². The molecule has 0 aliphatic heterocycles. The molecular weight excluding hydrogens is 312 g/mol. The topological polar surface area (TPSA) is 121 Å². The molecule has 0 aliphatic carbocycles. The van der Waals surface area contributed by atoms with E-state index in [4.69, 9.17) is 29.4 Å². The van der Waals surface area contributed by atoms with Gasteiger partial charge in [-0.1, -0.05) is 0 Å². The van der Waals surface area contributed by atoms with E-state index in [1.54, 1.807) is 0 Å². The molecule has 0 atom stereocenters. The van der Waals surface area contributed by atoms with Crippen molar-refractivity contribution in [3.05, 3.63) is 0 Å². The first kappa shape index (κ1) is 29.3. The van der Waals surface area contributed by atoms with Gasteiger partial charge in [0, 0.05) is 0 Å². The molecule has 0 aromatic heterocycles. The predicted octanol–water partition coefficient (Wildman–Crippen LogP) is -0.425. The Hall–Kier alpha value is 1.78. The van der Waals surface area contributed by atoms with Gasteiger partial charge in [0.15, 0.2) is 0 Å². The Bertz CT molecular complexity index is 87.8. The second-order valence-corrected chi connectivity index (χ2v) is 6.24. The number of hydrogen-bond donors (Lipinski definition) is 6. The van der Waals surface area contributed by atoms with Crippen molar-refractivity contribution < 1.29 is 29.4 Å². The van der Waals surface area contributed by atoms with E-state index >= 15 is 0 Å². The summed E-state index contributed by atoms with van der Waals surface area (Å²) in [6.07, 6.45) is 0. The Labute approximate surface area is 101 Å². The monoisotopic (exact) mass is 324 g/mol. The van der Waals surface area contributed by atoms with E-state index in [0.29, 0.717) is 0 Å². The van der Waals surface area contributed by atoms with Crippen LogP contribution in [0, 0.1) is 0 Å². The second-order valence-electron chi connectivity index (χ2n) is 1.73. The molecule has 12 heteroatoms. The fourth-order valence-electron chi connectivity index (χ4n) is 0.318. The van der Waals surface area contributed by atoms with Crippen molar-refractivity contribution in [1.29, 1.82) is 0 Å². The van der Waals surface area contributed by atoms with Crippen LogP contribution in [0.1, 0.15) is 0 Å². The van der Waals surface area contributed by atoms with E-state index in [0.717, 1.165) is 0 Å². The zero-order chi connectivity index (χ0) is 7.71. The van der Waals surface area contributed by atoms with Gasteiger partial charge in [0.2, 0.25) is 0 Å². The molecule has 0 aromatic carbocycles. The van der Waals surface area contributed by atoms with E-state index < -0.39 is 21.8 Å². The minimum atomic E-state index is -4.48. The summed E-state index contributed by atoms with van der Waals surface area (Å²) < 4.78 is 0. The normalized spacial score (nSPS) is 12.2. The van der Waals surface area contributed by atoms with E-state index in [1.165, 1.54) is 0 Å². The van der Waals surface area contributed by atoms with Crippen molar-refractivity contribution in [3.63, 3.8) is 0 Å². The molecule has 6 N–H and O–H groups in total. The number of rotatable bonds is 2. The maximum atomic E-state index is 8.16. The van der Waals surface area contributed by atoms with Crippen molar-refractivity contribution in [1.82, 2.24) is 0 Å². The molecule has 0 aliphatic rings. The van der Waals surface area contributed by atoms with Gasteiger partial charge in [-0.15, -0.1) is 49.6 Å². The number of halogens is 4. The van der Waals surface area contributed by atoms with Gasteiger partial charge in [-0.2, -0.15) is 0 Å². The second kappa shape index (κ2) is 10.3. The molecule has 0 saturated carbocycles. The SMILES string of the molecule is Cl.Cl.Cl.Cl.O[PH](O)(O)C[PH](O)(O)O. The molecule has 0 rings (SSSR count). The molecule has 0 spiro atoms. The molecule has 0 amide bonds. The van der Waals surface area contributed by atoms with Gasteiger partial charge in [0.25, 0.3) is 0 Å². The summed E-state index contributed by atoms with van der Waals surface area (Å²) in [5, 5.41) is 0. The van der Waals surface area contributed by atoms with Crippen molar-refractivity contribution in [2.75, 3.05) is 5.90 Å². The molecule has 0 radical (unpaired) electrons. The van der Waals surface area contributed by atoms with Crippen LogP contribution in [0.15, 0.2) is 0 Å². The third-order valence-electron chi connectivity index (χ3n) is 0.474. The average Bonchev–Trinajstić information content (AvgIpc) is 1.14. The Balaban J connectivity index is -0.0000000533. The quantitative estimate of drug-likeness (QED) is 0.383. The van der Waals surface area contributed by atoms with Gasteiger partial charge in [-0.05, 0) is 0 Å². The van der Waals surface area contributed by atoms with Crippen LogP contribution >= 0.6 is 65.5 Å². The molecule has 0 fully saturated rings. The molecule has 0 unspecified atom stereocenters. The number of hydrogen-bond acceptors (Lipinski definition) is 6. The maximum absolute atomic E-state index is 8.16. The Morgan fingerprint density at radius 3 is 0.692 bits per heavy atom. The zero-order valence-electron chi connectivity index (χ0n) is 6.02. The van der Waals surface area contributed by atoms with E-state index in [-0.39, 0.29) is 49.6 Å². The molecule has 6 nitrogen and oxygen atoms in total. The summed E-state index contributed by atoms with van der Waals surface area (Å²) in [4.78, 5) is 48.9. The van der Waals surface area contributed by atoms with Crippen LogP contribution in [0.4, 0.5) is 0 Å².